The minimum atomic E-state index is -0.139. The number of piperidine rings is 1. The van der Waals surface area contributed by atoms with Gasteiger partial charge in [0.15, 0.2) is 11.5 Å². The van der Waals surface area contributed by atoms with Crippen LogP contribution in [0.4, 0.5) is 0 Å². The Kier molecular flexibility index (Phi) is 4.89. The van der Waals surface area contributed by atoms with Crippen LogP contribution in [0.2, 0.25) is 0 Å². The molecule has 29 heavy (non-hydrogen) atoms. The van der Waals surface area contributed by atoms with Gasteiger partial charge in [-0.25, -0.2) is 0 Å². The van der Waals surface area contributed by atoms with E-state index in [0.29, 0.717) is 36.4 Å². The van der Waals surface area contributed by atoms with Gasteiger partial charge < -0.3 is 18.7 Å². The predicted octanol–water partition coefficient (Wildman–Crippen LogP) is 3.28. The average molecular weight is 400 g/mol. The Labute approximate surface area is 169 Å². The largest absolute Gasteiger partial charge is 0.375 e. The summed E-state index contributed by atoms with van der Waals surface area (Å²) >= 11 is 0. The molecule has 8 nitrogen and oxygen atoms in total. The lowest BCUT2D eigenvalue weighted by molar-refractivity contribution is -0.123. The summed E-state index contributed by atoms with van der Waals surface area (Å²) < 4.78 is 16.8. The minimum absolute atomic E-state index is 0.0561. The molecular formula is C21H28N4O4. The van der Waals surface area contributed by atoms with Crippen LogP contribution in [0.3, 0.4) is 0 Å². The van der Waals surface area contributed by atoms with Gasteiger partial charge in [-0.15, -0.1) is 0 Å². The Balaban J connectivity index is 1.17. The summed E-state index contributed by atoms with van der Waals surface area (Å²) in [5.74, 6) is 3.23. The molecule has 1 amide bonds. The Morgan fingerprint density at radius 1 is 1.21 bits per heavy atom. The predicted molar refractivity (Wildman–Crippen MR) is 102 cm³/mol. The van der Waals surface area contributed by atoms with E-state index in [1.807, 2.05) is 4.90 Å². The molecule has 0 N–H and O–H groups in total. The first-order valence-electron chi connectivity index (χ1n) is 10.8. The molecule has 0 bridgehead atoms. The van der Waals surface area contributed by atoms with Crippen LogP contribution >= 0.6 is 0 Å². The molecule has 3 aliphatic rings. The molecule has 2 saturated heterocycles. The van der Waals surface area contributed by atoms with Crippen LogP contribution in [0, 0.1) is 12.8 Å². The van der Waals surface area contributed by atoms with Crippen LogP contribution in [0.15, 0.2) is 15.1 Å². The van der Waals surface area contributed by atoms with Crippen molar-refractivity contribution in [1.29, 1.82) is 0 Å². The van der Waals surface area contributed by atoms with E-state index in [4.69, 9.17) is 13.8 Å². The van der Waals surface area contributed by atoms with Crippen LogP contribution in [-0.2, 0) is 11.2 Å². The first kappa shape index (κ1) is 18.8. The summed E-state index contributed by atoms with van der Waals surface area (Å²) in [6.45, 7) is 3.93. The number of ether oxygens (including phenoxy) is 1. The molecule has 0 aromatic carbocycles. The van der Waals surface area contributed by atoms with Crippen molar-refractivity contribution >= 4 is 5.91 Å². The van der Waals surface area contributed by atoms with E-state index in [9.17, 15) is 4.79 Å². The highest BCUT2D eigenvalue weighted by atomic mass is 16.5. The number of carbonyl (C=O) groups excluding carboxylic acids is 1. The molecular weight excluding hydrogens is 372 g/mol. The van der Waals surface area contributed by atoms with Gasteiger partial charge in [0, 0.05) is 38.1 Å². The fourth-order valence-electron chi connectivity index (χ4n) is 4.83. The zero-order valence-corrected chi connectivity index (χ0v) is 16.9. The summed E-state index contributed by atoms with van der Waals surface area (Å²) in [6, 6.07) is 1.70. The lowest BCUT2D eigenvalue weighted by atomic mass is 9.78. The third-order valence-corrected chi connectivity index (χ3v) is 6.81. The van der Waals surface area contributed by atoms with Crippen LogP contribution in [0.1, 0.15) is 78.8 Å². The molecule has 1 atom stereocenters. The first-order chi connectivity index (χ1) is 14.1. The molecule has 8 heteroatoms. The van der Waals surface area contributed by atoms with Gasteiger partial charge in [0.25, 0.3) is 5.91 Å². The van der Waals surface area contributed by atoms with Gasteiger partial charge in [-0.3, -0.25) is 4.79 Å². The van der Waals surface area contributed by atoms with E-state index in [0.717, 1.165) is 50.4 Å². The third-order valence-electron chi connectivity index (χ3n) is 6.81. The van der Waals surface area contributed by atoms with Gasteiger partial charge in [0.2, 0.25) is 5.89 Å². The quantitative estimate of drug-likeness (QED) is 0.777. The van der Waals surface area contributed by atoms with Crippen molar-refractivity contribution in [2.24, 2.45) is 5.92 Å². The molecule has 3 fully saturated rings. The molecule has 5 rings (SSSR count). The van der Waals surface area contributed by atoms with Crippen molar-refractivity contribution in [3.63, 3.8) is 0 Å². The summed E-state index contributed by atoms with van der Waals surface area (Å²) in [6.07, 6.45) is 8.18. The summed E-state index contributed by atoms with van der Waals surface area (Å²) in [5.41, 5.74) is 0.250. The lowest BCUT2D eigenvalue weighted by Gasteiger charge is -2.46. The van der Waals surface area contributed by atoms with Crippen molar-refractivity contribution < 1.29 is 18.6 Å². The number of aryl methyl sites for hydroxylation is 1. The average Bonchev–Trinajstić information content (AvgIpc) is 3.30. The van der Waals surface area contributed by atoms with Crippen molar-refractivity contribution in [3.8, 4) is 0 Å². The van der Waals surface area contributed by atoms with Gasteiger partial charge in [-0.1, -0.05) is 16.7 Å². The normalized spacial score (nSPS) is 24.6. The van der Waals surface area contributed by atoms with Gasteiger partial charge in [0.05, 0.1) is 5.60 Å². The fraction of sp³-hybridized carbons (Fsp3) is 0.714. The SMILES string of the molecule is Cc1cc(C(=O)N2CCC3(CC2)CC(Cc2noc(C4CCC4)n2)CCO3)no1. The number of rotatable bonds is 4. The number of aromatic nitrogens is 3. The van der Waals surface area contributed by atoms with Crippen molar-refractivity contribution in [2.75, 3.05) is 19.7 Å². The first-order valence-corrected chi connectivity index (χ1v) is 10.8. The molecule has 4 heterocycles. The second-order valence-electron chi connectivity index (χ2n) is 8.89. The van der Waals surface area contributed by atoms with Crippen LogP contribution < -0.4 is 0 Å². The maximum atomic E-state index is 12.6. The highest BCUT2D eigenvalue weighted by molar-refractivity contribution is 5.92. The standard InChI is InChI=1S/C21H28N4O4/c1-14-11-17(23-28-14)20(26)25-8-6-21(7-9-25)13-15(5-10-27-21)12-18-22-19(29-24-18)16-3-2-4-16/h11,15-16H,2-10,12-13H2,1H3. The van der Waals surface area contributed by atoms with Gasteiger partial charge in [-0.2, -0.15) is 4.98 Å². The molecule has 1 spiro atoms. The molecule has 2 aromatic rings. The maximum Gasteiger partial charge on any atom is 0.276 e. The summed E-state index contributed by atoms with van der Waals surface area (Å²) in [4.78, 5) is 19.1. The van der Waals surface area contributed by atoms with Crippen LogP contribution in [-0.4, -0.2) is 51.4 Å². The highest BCUT2D eigenvalue weighted by Crippen LogP contribution is 2.39. The summed E-state index contributed by atoms with van der Waals surface area (Å²) in [5, 5.41) is 8.08. The molecule has 156 valence electrons. The molecule has 1 saturated carbocycles. The Morgan fingerprint density at radius 3 is 2.72 bits per heavy atom. The minimum Gasteiger partial charge on any atom is -0.375 e. The maximum absolute atomic E-state index is 12.6. The third kappa shape index (κ3) is 3.82. The zero-order chi connectivity index (χ0) is 19.8. The van der Waals surface area contributed by atoms with E-state index >= 15 is 0 Å². The van der Waals surface area contributed by atoms with Gasteiger partial charge in [-0.05, 0) is 51.4 Å². The fourth-order valence-corrected chi connectivity index (χ4v) is 4.83. The Bertz CT molecular complexity index is 864. The van der Waals surface area contributed by atoms with Crippen molar-refractivity contribution in [3.05, 3.63) is 29.2 Å². The molecule has 1 unspecified atom stereocenters. The number of carbonyl (C=O) groups is 1. The molecule has 2 aliphatic heterocycles. The van der Waals surface area contributed by atoms with Gasteiger partial charge >= 0.3 is 0 Å². The lowest BCUT2D eigenvalue weighted by Crippen LogP contribution is -2.51. The van der Waals surface area contributed by atoms with E-state index in [-0.39, 0.29) is 11.5 Å². The van der Waals surface area contributed by atoms with E-state index in [1.165, 1.54) is 19.3 Å². The number of nitrogens with zero attached hydrogens (tertiary/aromatic N) is 4. The number of hydrogen-bond donors (Lipinski definition) is 0. The van der Waals surface area contributed by atoms with E-state index in [1.54, 1.807) is 13.0 Å². The molecule has 2 aromatic heterocycles. The van der Waals surface area contributed by atoms with Crippen molar-refractivity contribution in [2.45, 2.75) is 69.8 Å². The highest BCUT2D eigenvalue weighted by Gasteiger charge is 2.42. The van der Waals surface area contributed by atoms with E-state index in [2.05, 4.69) is 15.3 Å². The number of hydrogen-bond acceptors (Lipinski definition) is 7. The summed E-state index contributed by atoms with van der Waals surface area (Å²) in [7, 11) is 0. The number of amides is 1. The van der Waals surface area contributed by atoms with Crippen molar-refractivity contribution in [1.82, 2.24) is 20.2 Å². The molecule has 1 aliphatic carbocycles. The topological polar surface area (TPSA) is 94.5 Å². The zero-order valence-electron chi connectivity index (χ0n) is 16.9. The monoisotopic (exact) mass is 400 g/mol. The molecule has 0 radical (unpaired) electrons. The number of likely N-dealkylation sites (tertiary alicyclic amines) is 1. The van der Waals surface area contributed by atoms with Crippen LogP contribution in [0.25, 0.3) is 0 Å². The smallest absolute Gasteiger partial charge is 0.276 e. The van der Waals surface area contributed by atoms with Gasteiger partial charge in [0.1, 0.15) is 5.76 Å². The van der Waals surface area contributed by atoms with Crippen LogP contribution in [0.5, 0.6) is 0 Å². The Hall–Kier alpha value is -2.22. The second kappa shape index (κ2) is 7.55. The Morgan fingerprint density at radius 2 is 2.03 bits per heavy atom. The van der Waals surface area contributed by atoms with E-state index < -0.39 is 0 Å². The second-order valence-corrected chi connectivity index (χ2v) is 8.89.